The first-order valence-electron chi connectivity index (χ1n) is 9.04. The molecule has 27 heavy (non-hydrogen) atoms. The Balaban J connectivity index is 0.00000210. The second kappa shape index (κ2) is 8.42. The third-order valence-corrected chi connectivity index (χ3v) is 6.18. The van der Waals surface area contributed by atoms with Crippen molar-refractivity contribution in [1.82, 2.24) is 10.6 Å². The Morgan fingerprint density at radius 1 is 1.26 bits per heavy atom. The first-order valence-corrected chi connectivity index (χ1v) is 9.92. The fraction of sp³-hybridized carbons (Fsp3) is 0.400. The molecule has 2 fully saturated rings. The molecule has 0 bridgehead atoms. The summed E-state index contributed by atoms with van der Waals surface area (Å²) in [6.45, 7) is 4.61. The zero-order valence-corrected chi connectivity index (χ0v) is 16.8. The van der Waals surface area contributed by atoms with E-state index in [1.165, 1.54) is 0 Å². The molecule has 0 saturated carbocycles. The van der Waals surface area contributed by atoms with Crippen molar-refractivity contribution < 1.29 is 9.59 Å². The van der Waals surface area contributed by atoms with Crippen LogP contribution in [0.15, 0.2) is 41.8 Å². The summed E-state index contributed by atoms with van der Waals surface area (Å²) < 4.78 is 0. The lowest BCUT2D eigenvalue weighted by Crippen LogP contribution is -2.49. The van der Waals surface area contributed by atoms with Crippen LogP contribution in [-0.2, 0) is 9.59 Å². The highest BCUT2D eigenvalue weighted by Crippen LogP contribution is 2.43. The molecule has 0 radical (unpaired) electrons. The molecule has 1 aromatic heterocycles. The van der Waals surface area contributed by atoms with Gasteiger partial charge in [-0.15, -0.1) is 23.7 Å². The Labute approximate surface area is 169 Å². The number of carbonyl (C=O) groups excluding carboxylic acids is 2. The Morgan fingerprint density at radius 3 is 2.59 bits per heavy atom. The molecule has 2 aliphatic heterocycles. The van der Waals surface area contributed by atoms with Gasteiger partial charge in [0, 0.05) is 42.5 Å². The molecule has 2 amide bonds. The van der Waals surface area contributed by atoms with E-state index in [1.807, 2.05) is 48.7 Å². The number of anilines is 1. The Bertz CT molecular complexity index is 790. The molecule has 144 valence electrons. The molecule has 7 heteroatoms. The molecular weight excluding hydrogens is 382 g/mol. The highest BCUT2D eigenvalue weighted by molar-refractivity contribution is 7.10. The highest BCUT2D eigenvalue weighted by Gasteiger charge is 2.45. The van der Waals surface area contributed by atoms with Crippen LogP contribution in [0.4, 0.5) is 5.69 Å². The monoisotopic (exact) mass is 405 g/mol. The maximum Gasteiger partial charge on any atom is 0.228 e. The van der Waals surface area contributed by atoms with Crippen molar-refractivity contribution in [3.8, 4) is 0 Å². The van der Waals surface area contributed by atoms with Crippen LogP contribution >= 0.6 is 23.7 Å². The number of amides is 2. The number of nitrogens with one attached hydrogen (secondary N) is 2. The number of hydrogen-bond acceptors (Lipinski definition) is 4. The van der Waals surface area contributed by atoms with E-state index in [1.54, 1.807) is 16.2 Å². The van der Waals surface area contributed by atoms with Crippen LogP contribution in [0, 0.1) is 18.8 Å². The number of halogens is 1. The normalized spacial score (nSPS) is 22.3. The second-order valence-corrected chi connectivity index (χ2v) is 8.12. The summed E-state index contributed by atoms with van der Waals surface area (Å²) in [6.07, 6.45) is 0.255. The maximum absolute atomic E-state index is 12.9. The molecule has 2 N–H and O–H groups in total. The lowest BCUT2D eigenvalue weighted by Gasteiger charge is -2.29. The molecule has 1 aromatic carbocycles. The predicted octanol–water partition coefficient (Wildman–Crippen LogP) is 2.91. The van der Waals surface area contributed by atoms with Crippen molar-refractivity contribution >= 4 is 41.2 Å². The molecule has 2 atom stereocenters. The summed E-state index contributed by atoms with van der Waals surface area (Å²) in [7, 11) is 0. The molecule has 3 heterocycles. The predicted molar refractivity (Wildman–Crippen MR) is 110 cm³/mol. The molecule has 0 aliphatic carbocycles. The van der Waals surface area contributed by atoms with E-state index in [9.17, 15) is 9.59 Å². The van der Waals surface area contributed by atoms with Gasteiger partial charge in [0.25, 0.3) is 0 Å². The second-order valence-electron chi connectivity index (χ2n) is 7.14. The summed E-state index contributed by atoms with van der Waals surface area (Å²) in [5.74, 6) is 0.149. The summed E-state index contributed by atoms with van der Waals surface area (Å²) in [6, 6.07) is 11.7. The minimum atomic E-state index is -0.351. The van der Waals surface area contributed by atoms with Gasteiger partial charge in [0.15, 0.2) is 0 Å². The summed E-state index contributed by atoms with van der Waals surface area (Å²) in [5.41, 5.74) is 2.01. The van der Waals surface area contributed by atoms with Crippen molar-refractivity contribution in [3.63, 3.8) is 0 Å². The van der Waals surface area contributed by atoms with Crippen LogP contribution in [0.25, 0.3) is 0 Å². The van der Waals surface area contributed by atoms with Gasteiger partial charge in [-0.2, -0.15) is 0 Å². The maximum atomic E-state index is 12.9. The van der Waals surface area contributed by atoms with Crippen molar-refractivity contribution in [1.29, 1.82) is 0 Å². The molecular formula is C20H24ClN3O2S. The SMILES string of the molecule is Cc1ccc(N2C(=O)CC(C(=O)NCC3CNC3)C2c2cccs2)cc1.Cl. The minimum absolute atomic E-state index is 0. The lowest BCUT2D eigenvalue weighted by atomic mass is 9.96. The Kier molecular flexibility index (Phi) is 6.19. The van der Waals surface area contributed by atoms with E-state index >= 15 is 0 Å². The van der Waals surface area contributed by atoms with Crippen LogP contribution in [0.5, 0.6) is 0 Å². The van der Waals surface area contributed by atoms with Crippen molar-refractivity contribution in [2.75, 3.05) is 24.5 Å². The van der Waals surface area contributed by atoms with Gasteiger partial charge in [-0.25, -0.2) is 0 Å². The van der Waals surface area contributed by atoms with Crippen molar-refractivity contribution in [3.05, 3.63) is 52.2 Å². The number of hydrogen-bond donors (Lipinski definition) is 2. The van der Waals surface area contributed by atoms with Crippen LogP contribution in [-0.4, -0.2) is 31.4 Å². The van der Waals surface area contributed by atoms with Crippen LogP contribution < -0.4 is 15.5 Å². The quantitative estimate of drug-likeness (QED) is 0.804. The van der Waals surface area contributed by atoms with E-state index in [-0.39, 0.29) is 42.6 Å². The van der Waals surface area contributed by atoms with Gasteiger partial charge in [-0.05, 0) is 30.5 Å². The number of thiophene rings is 1. The first kappa shape index (κ1) is 19.9. The van der Waals surface area contributed by atoms with E-state index in [0.717, 1.165) is 29.2 Å². The summed E-state index contributed by atoms with van der Waals surface area (Å²) >= 11 is 1.60. The Hall–Kier alpha value is -1.89. The number of benzene rings is 1. The molecule has 5 nitrogen and oxygen atoms in total. The number of aryl methyl sites for hydroxylation is 1. The zero-order chi connectivity index (χ0) is 18.1. The topological polar surface area (TPSA) is 61.4 Å². The molecule has 2 aliphatic rings. The van der Waals surface area contributed by atoms with Gasteiger partial charge in [0.2, 0.25) is 11.8 Å². The van der Waals surface area contributed by atoms with E-state index in [2.05, 4.69) is 10.6 Å². The molecule has 2 aromatic rings. The average molecular weight is 406 g/mol. The van der Waals surface area contributed by atoms with Gasteiger partial charge in [0.1, 0.15) is 0 Å². The fourth-order valence-electron chi connectivity index (χ4n) is 3.63. The van der Waals surface area contributed by atoms with E-state index in [4.69, 9.17) is 0 Å². The summed E-state index contributed by atoms with van der Waals surface area (Å²) in [4.78, 5) is 28.6. The number of carbonyl (C=O) groups is 2. The smallest absolute Gasteiger partial charge is 0.228 e. The molecule has 0 spiro atoms. The third kappa shape index (κ3) is 4.03. The van der Waals surface area contributed by atoms with Crippen LogP contribution in [0.1, 0.15) is 22.9 Å². The lowest BCUT2D eigenvalue weighted by molar-refractivity contribution is -0.127. The van der Waals surface area contributed by atoms with Crippen LogP contribution in [0.2, 0.25) is 0 Å². The van der Waals surface area contributed by atoms with E-state index in [0.29, 0.717) is 12.5 Å². The van der Waals surface area contributed by atoms with Gasteiger partial charge in [-0.3, -0.25) is 9.59 Å². The first-order chi connectivity index (χ1) is 12.6. The molecule has 2 unspecified atom stereocenters. The van der Waals surface area contributed by atoms with Crippen LogP contribution in [0.3, 0.4) is 0 Å². The van der Waals surface area contributed by atoms with Crippen molar-refractivity contribution in [2.45, 2.75) is 19.4 Å². The zero-order valence-electron chi connectivity index (χ0n) is 15.2. The molecule has 4 rings (SSSR count). The minimum Gasteiger partial charge on any atom is -0.355 e. The van der Waals surface area contributed by atoms with Gasteiger partial charge >= 0.3 is 0 Å². The fourth-order valence-corrected chi connectivity index (χ4v) is 4.51. The average Bonchev–Trinajstić information content (AvgIpc) is 3.21. The van der Waals surface area contributed by atoms with Gasteiger partial charge in [0.05, 0.1) is 12.0 Å². The Morgan fingerprint density at radius 2 is 2.00 bits per heavy atom. The highest BCUT2D eigenvalue weighted by atomic mass is 35.5. The molecule has 2 saturated heterocycles. The largest absolute Gasteiger partial charge is 0.355 e. The van der Waals surface area contributed by atoms with Gasteiger partial charge < -0.3 is 15.5 Å². The van der Waals surface area contributed by atoms with Crippen molar-refractivity contribution in [2.24, 2.45) is 11.8 Å². The number of rotatable bonds is 5. The standard InChI is InChI=1S/C20H23N3O2S.ClH/c1-13-4-6-15(7-5-13)23-18(24)9-16(19(23)17-3-2-8-26-17)20(25)22-12-14-10-21-11-14;/h2-8,14,16,19,21H,9-12H2,1H3,(H,22,25);1H. The van der Waals surface area contributed by atoms with Gasteiger partial charge in [-0.1, -0.05) is 23.8 Å². The number of nitrogens with zero attached hydrogens (tertiary/aromatic N) is 1. The summed E-state index contributed by atoms with van der Waals surface area (Å²) in [5, 5.41) is 8.28. The third-order valence-electron chi connectivity index (χ3n) is 5.24. The van der Waals surface area contributed by atoms with E-state index < -0.39 is 0 Å².